The molecule has 110 valence electrons. The molecule has 1 aliphatic heterocycles. The fraction of sp³-hybridized carbons (Fsp3) is 0.533. The van der Waals surface area contributed by atoms with Crippen LogP contribution in [0.25, 0.3) is 0 Å². The number of rotatable bonds is 3. The SMILES string of the molecule is COc1cccc(C(=O)N2CCC(C(C)Br)CC2)c1O. The predicted molar refractivity (Wildman–Crippen MR) is 81.7 cm³/mol. The Kier molecular flexibility index (Phi) is 4.91. The number of carbonyl (C=O) groups excluding carboxylic acids is 1. The number of benzene rings is 1. The lowest BCUT2D eigenvalue weighted by Gasteiger charge is -2.33. The van der Waals surface area contributed by atoms with Crippen LogP contribution in [-0.4, -0.2) is 40.9 Å². The number of amides is 1. The number of halogens is 1. The lowest BCUT2D eigenvalue weighted by Crippen LogP contribution is -2.40. The molecule has 0 spiro atoms. The summed E-state index contributed by atoms with van der Waals surface area (Å²) in [4.78, 5) is 14.7. The van der Waals surface area contributed by atoms with Crippen LogP contribution >= 0.6 is 15.9 Å². The van der Waals surface area contributed by atoms with Crippen molar-refractivity contribution >= 4 is 21.8 Å². The monoisotopic (exact) mass is 341 g/mol. The smallest absolute Gasteiger partial charge is 0.257 e. The molecule has 1 unspecified atom stereocenters. The summed E-state index contributed by atoms with van der Waals surface area (Å²) in [7, 11) is 1.48. The lowest BCUT2D eigenvalue weighted by molar-refractivity contribution is 0.0688. The van der Waals surface area contributed by atoms with Crippen molar-refractivity contribution in [3.8, 4) is 11.5 Å². The summed E-state index contributed by atoms with van der Waals surface area (Å²) in [6.07, 6.45) is 1.98. The second-order valence-corrected chi connectivity index (χ2v) is 6.61. The highest BCUT2D eigenvalue weighted by Crippen LogP contribution is 2.32. The summed E-state index contributed by atoms with van der Waals surface area (Å²) in [6.45, 7) is 3.61. The van der Waals surface area contributed by atoms with Gasteiger partial charge in [0.15, 0.2) is 11.5 Å². The minimum absolute atomic E-state index is 0.0732. The molecule has 4 nitrogen and oxygen atoms in total. The van der Waals surface area contributed by atoms with Crippen LogP contribution in [-0.2, 0) is 0 Å². The first-order valence-electron chi connectivity index (χ1n) is 6.84. The molecule has 1 amide bonds. The molecule has 20 heavy (non-hydrogen) atoms. The van der Waals surface area contributed by atoms with Crippen molar-refractivity contribution < 1.29 is 14.6 Å². The van der Waals surface area contributed by atoms with Crippen LogP contribution in [0.15, 0.2) is 18.2 Å². The van der Waals surface area contributed by atoms with E-state index < -0.39 is 0 Å². The van der Waals surface area contributed by atoms with Gasteiger partial charge in [-0.3, -0.25) is 4.79 Å². The van der Waals surface area contributed by atoms with Crippen LogP contribution in [0.3, 0.4) is 0 Å². The average molecular weight is 342 g/mol. The Morgan fingerprint density at radius 3 is 2.65 bits per heavy atom. The lowest BCUT2D eigenvalue weighted by atomic mass is 9.94. The van der Waals surface area contributed by atoms with Crippen molar-refractivity contribution in [2.75, 3.05) is 20.2 Å². The van der Waals surface area contributed by atoms with E-state index in [1.807, 2.05) is 0 Å². The number of para-hydroxylation sites is 1. The van der Waals surface area contributed by atoms with Gasteiger partial charge in [-0.2, -0.15) is 0 Å². The van der Waals surface area contributed by atoms with Crippen LogP contribution in [0, 0.1) is 5.92 Å². The second-order valence-electron chi connectivity index (χ2n) is 5.16. The molecular formula is C15H20BrNO3. The van der Waals surface area contributed by atoms with Crippen molar-refractivity contribution in [2.24, 2.45) is 5.92 Å². The van der Waals surface area contributed by atoms with E-state index in [1.165, 1.54) is 7.11 Å². The standard InChI is InChI=1S/C15H20BrNO3/c1-10(16)11-6-8-17(9-7-11)15(19)12-4-3-5-13(20-2)14(12)18/h3-5,10-11,18H,6-9H2,1-2H3. The summed E-state index contributed by atoms with van der Waals surface area (Å²) < 4.78 is 5.04. The number of methoxy groups -OCH3 is 1. The Hall–Kier alpha value is -1.23. The molecule has 0 saturated carbocycles. The van der Waals surface area contributed by atoms with Crippen LogP contribution in [0.4, 0.5) is 0 Å². The molecule has 0 bridgehead atoms. The van der Waals surface area contributed by atoms with Gasteiger partial charge in [0.25, 0.3) is 5.91 Å². The number of aromatic hydroxyl groups is 1. The molecule has 1 saturated heterocycles. The van der Waals surface area contributed by atoms with E-state index >= 15 is 0 Å². The van der Waals surface area contributed by atoms with E-state index in [2.05, 4.69) is 22.9 Å². The average Bonchev–Trinajstić information content (AvgIpc) is 2.47. The van der Waals surface area contributed by atoms with Gasteiger partial charge in [0.1, 0.15) is 0 Å². The van der Waals surface area contributed by atoms with E-state index in [1.54, 1.807) is 23.1 Å². The number of nitrogens with zero attached hydrogens (tertiary/aromatic N) is 1. The molecule has 1 fully saturated rings. The second kappa shape index (κ2) is 6.48. The highest BCUT2D eigenvalue weighted by Gasteiger charge is 2.27. The molecule has 0 radical (unpaired) electrons. The van der Waals surface area contributed by atoms with Gasteiger partial charge >= 0.3 is 0 Å². The number of phenolic OH excluding ortho intramolecular Hbond substituents is 1. The van der Waals surface area contributed by atoms with Crippen molar-refractivity contribution in [3.05, 3.63) is 23.8 Å². The highest BCUT2D eigenvalue weighted by atomic mass is 79.9. The summed E-state index contributed by atoms with van der Waals surface area (Å²) >= 11 is 3.61. The van der Waals surface area contributed by atoms with Crippen molar-refractivity contribution in [1.82, 2.24) is 4.90 Å². The van der Waals surface area contributed by atoms with Crippen LogP contribution in [0.1, 0.15) is 30.1 Å². The van der Waals surface area contributed by atoms with E-state index in [4.69, 9.17) is 4.74 Å². The van der Waals surface area contributed by atoms with E-state index in [9.17, 15) is 9.90 Å². The topological polar surface area (TPSA) is 49.8 Å². The predicted octanol–water partition coefficient (Wildman–Crippen LogP) is 3.04. The summed E-state index contributed by atoms with van der Waals surface area (Å²) in [5, 5.41) is 10.1. The van der Waals surface area contributed by atoms with Crippen LogP contribution in [0.5, 0.6) is 11.5 Å². The van der Waals surface area contributed by atoms with E-state index in [0.717, 1.165) is 25.9 Å². The summed E-state index contributed by atoms with van der Waals surface area (Å²) in [5.41, 5.74) is 0.315. The summed E-state index contributed by atoms with van der Waals surface area (Å²) in [6, 6.07) is 5.00. The number of alkyl halides is 1. The normalized spacial score (nSPS) is 17.9. The molecule has 0 aliphatic carbocycles. The number of ether oxygens (including phenoxy) is 1. The van der Waals surface area contributed by atoms with Gasteiger partial charge in [0.2, 0.25) is 0 Å². The van der Waals surface area contributed by atoms with Gasteiger partial charge in [0, 0.05) is 17.9 Å². The minimum atomic E-state index is -0.123. The van der Waals surface area contributed by atoms with Gasteiger partial charge < -0.3 is 14.7 Å². The number of hydrogen-bond donors (Lipinski definition) is 1. The van der Waals surface area contributed by atoms with Crippen molar-refractivity contribution in [3.63, 3.8) is 0 Å². The highest BCUT2D eigenvalue weighted by molar-refractivity contribution is 9.09. The minimum Gasteiger partial charge on any atom is -0.504 e. The fourth-order valence-electron chi connectivity index (χ4n) is 2.59. The first-order valence-corrected chi connectivity index (χ1v) is 7.75. The number of phenols is 1. The van der Waals surface area contributed by atoms with E-state index in [0.29, 0.717) is 22.1 Å². The van der Waals surface area contributed by atoms with Gasteiger partial charge in [-0.05, 0) is 30.9 Å². The number of hydrogen-bond acceptors (Lipinski definition) is 3. The van der Waals surface area contributed by atoms with Gasteiger partial charge in [-0.25, -0.2) is 0 Å². The van der Waals surface area contributed by atoms with Crippen molar-refractivity contribution in [2.45, 2.75) is 24.6 Å². The van der Waals surface area contributed by atoms with Crippen LogP contribution < -0.4 is 4.74 Å². The van der Waals surface area contributed by atoms with Gasteiger partial charge in [0.05, 0.1) is 12.7 Å². The Morgan fingerprint density at radius 2 is 2.10 bits per heavy atom. The van der Waals surface area contributed by atoms with E-state index in [-0.39, 0.29) is 11.7 Å². The Labute approximate surface area is 127 Å². The third-order valence-corrected chi connectivity index (χ3v) is 4.67. The molecule has 1 atom stereocenters. The third kappa shape index (κ3) is 3.08. The molecular weight excluding hydrogens is 322 g/mol. The molecule has 1 aliphatic rings. The quantitative estimate of drug-likeness (QED) is 0.859. The maximum absolute atomic E-state index is 12.5. The zero-order valence-electron chi connectivity index (χ0n) is 11.8. The maximum atomic E-state index is 12.5. The molecule has 1 aromatic rings. The van der Waals surface area contributed by atoms with Crippen LogP contribution in [0.2, 0.25) is 0 Å². The molecule has 1 aromatic carbocycles. The largest absolute Gasteiger partial charge is 0.504 e. The molecule has 1 N–H and O–H groups in total. The molecule has 1 heterocycles. The zero-order valence-corrected chi connectivity index (χ0v) is 13.4. The Balaban J connectivity index is 2.09. The zero-order chi connectivity index (χ0) is 14.7. The molecule has 0 aromatic heterocycles. The molecule has 5 heteroatoms. The van der Waals surface area contributed by atoms with Gasteiger partial charge in [-0.1, -0.05) is 28.9 Å². The third-order valence-electron chi connectivity index (χ3n) is 3.93. The van der Waals surface area contributed by atoms with Crippen molar-refractivity contribution in [1.29, 1.82) is 0 Å². The first kappa shape index (κ1) is 15.2. The molecule has 2 rings (SSSR count). The summed E-state index contributed by atoms with van der Waals surface area (Å²) in [5.74, 6) is 0.746. The first-order chi connectivity index (χ1) is 9.54. The Bertz CT molecular complexity index is 482. The number of carbonyl (C=O) groups is 1. The fourth-order valence-corrected chi connectivity index (χ4v) is 3.12. The Morgan fingerprint density at radius 1 is 1.45 bits per heavy atom. The number of likely N-dealkylation sites (tertiary alicyclic amines) is 1. The number of piperidine rings is 1. The maximum Gasteiger partial charge on any atom is 0.257 e. The van der Waals surface area contributed by atoms with Gasteiger partial charge in [-0.15, -0.1) is 0 Å².